The van der Waals surface area contributed by atoms with Crippen LogP contribution in [0.3, 0.4) is 0 Å². The van der Waals surface area contributed by atoms with E-state index in [4.69, 9.17) is 0 Å². The second-order valence-electron chi connectivity index (χ2n) is 4.96. The maximum Gasteiger partial charge on any atom is 0.411 e. The van der Waals surface area contributed by atoms with E-state index in [2.05, 4.69) is 26.3 Å². The van der Waals surface area contributed by atoms with Crippen LogP contribution >= 0.6 is 15.9 Å². The molecule has 0 saturated heterocycles. The number of aromatic nitrogens is 2. The normalized spacial score (nSPS) is 17.1. The smallest absolute Gasteiger partial charge is 0.369 e. The van der Waals surface area contributed by atoms with Crippen LogP contribution in [0.5, 0.6) is 0 Å². The Morgan fingerprint density at radius 1 is 1.50 bits per heavy atom. The van der Waals surface area contributed by atoms with Crippen LogP contribution in [0.1, 0.15) is 32.6 Å². The minimum absolute atomic E-state index is 0.0157. The summed E-state index contributed by atoms with van der Waals surface area (Å²) in [7, 11) is 0. The average Bonchev–Trinajstić information content (AvgIpc) is 3.15. The predicted octanol–water partition coefficient (Wildman–Crippen LogP) is 3.31. The lowest BCUT2D eigenvalue weighted by Crippen LogP contribution is -2.39. The molecule has 0 bridgehead atoms. The molecule has 0 unspecified atom stereocenters. The lowest BCUT2D eigenvalue weighted by atomic mass is 10.2. The molecule has 1 aromatic rings. The van der Waals surface area contributed by atoms with Crippen LogP contribution in [0.2, 0.25) is 0 Å². The highest BCUT2D eigenvalue weighted by Crippen LogP contribution is 2.51. The van der Waals surface area contributed by atoms with Gasteiger partial charge in [0, 0.05) is 6.54 Å². The first kappa shape index (κ1) is 15.3. The van der Waals surface area contributed by atoms with Crippen LogP contribution in [0.15, 0.2) is 15.5 Å². The van der Waals surface area contributed by atoms with Crippen molar-refractivity contribution in [2.75, 3.05) is 5.32 Å². The molecule has 1 aliphatic carbocycles. The Morgan fingerprint density at radius 3 is 2.65 bits per heavy atom. The Bertz CT molecular complexity index is 552. The van der Waals surface area contributed by atoms with Crippen molar-refractivity contribution in [3.05, 3.63) is 21.0 Å². The first-order chi connectivity index (χ1) is 9.31. The van der Waals surface area contributed by atoms with Gasteiger partial charge in [0.15, 0.2) is 0 Å². The average molecular weight is 354 g/mol. The molecule has 0 aliphatic heterocycles. The Balaban J connectivity index is 2.23. The lowest BCUT2D eigenvalue weighted by Gasteiger charge is -2.22. The monoisotopic (exact) mass is 353 g/mol. The van der Waals surface area contributed by atoms with Crippen LogP contribution in [0.25, 0.3) is 0 Å². The van der Waals surface area contributed by atoms with E-state index < -0.39 is 17.3 Å². The number of aryl methyl sites for hydroxylation is 1. The zero-order valence-corrected chi connectivity index (χ0v) is 12.5. The molecular formula is C12H15BrF3N3O. The van der Waals surface area contributed by atoms with Crippen LogP contribution in [-0.4, -0.2) is 21.5 Å². The highest BCUT2D eigenvalue weighted by atomic mass is 79.9. The molecule has 0 spiro atoms. The van der Waals surface area contributed by atoms with Gasteiger partial charge in [0.05, 0.1) is 11.9 Å². The maximum atomic E-state index is 12.9. The van der Waals surface area contributed by atoms with Gasteiger partial charge in [-0.3, -0.25) is 4.79 Å². The quantitative estimate of drug-likeness (QED) is 0.883. The number of nitrogens with one attached hydrogen (secondary N) is 1. The molecule has 0 amide bonds. The molecule has 0 aromatic carbocycles. The summed E-state index contributed by atoms with van der Waals surface area (Å²) < 4.78 is 40.0. The van der Waals surface area contributed by atoms with Gasteiger partial charge in [-0.15, -0.1) is 0 Å². The van der Waals surface area contributed by atoms with E-state index in [-0.39, 0.29) is 23.0 Å². The standard InChI is InChI=1S/C12H15BrF3N3O/c1-2-3-6-19-10(20)9(13)8(7-17-19)18-11(4-5-11)12(14,15)16/h7,18H,2-6H2,1H3. The van der Waals surface area contributed by atoms with Crippen molar-refractivity contribution in [1.82, 2.24) is 9.78 Å². The summed E-state index contributed by atoms with van der Waals surface area (Å²) in [5.74, 6) is 0. The molecule has 8 heteroatoms. The summed E-state index contributed by atoms with van der Waals surface area (Å²) in [5.41, 5.74) is -2.22. The van der Waals surface area contributed by atoms with Crippen molar-refractivity contribution in [2.24, 2.45) is 0 Å². The van der Waals surface area contributed by atoms with Crippen LogP contribution in [0, 0.1) is 0 Å². The summed E-state index contributed by atoms with van der Waals surface area (Å²) >= 11 is 3.07. The van der Waals surface area contributed by atoms with Crippen molar-refractivity contribution < 1.29 is 13.2 Å². The molecule has 1 heterocycles. The summed E-state index contributed by atoms with van der Waals surface area (Å²) in [4.78, 5) is 12.0. The van der Waals surface area contributed by atoms with Crippen molar-refractivity contribution in [1.29, 1.82) is 0 Å². The molecule has 1 saturated carbocycles. The summed E-state index contributed by atoms with van der Waals surface area (Å²) in [5, 5.41) is 6.33. The fraction of sp³-hybridized carbons (Fsp3) is 0.667. The third-order valence-electron chi connectivity index (χ3n) is 3.37. The zero-order valence-electron chi connectivity index (χ0n) is 10.9. The van der Waals surface area contributed by atoms with Crippen LogP contribution < -0.4 is 10.9 Å². The Morgan fingerprint density at radius 2 is 2.15 bits per heavy atom. The van der Waals surface area contributed by atoms with E-state index in [1.54, 1.807) is 0 Å². The molecule has 4 nitrogen and oxygen atoms in total. The lowest BCUT2D eigenvalue weighted by molar-refractivity contribution is -0.151. The van der Waals surface area contributed by atoms with Gasteiger partial charge >= 0.3 is 6.18 Å². The minimum atomic E-state index is -4.33. The third-order valence-corrected chi connectivity index (χ3v) is 4.14. The molecule has 0 atom stereocenters. The van der Waals surface area contributed by atoms with E-state index in [9.17, 15) is 18.0 Å². The van der Waals surface area contributed by atoms with E-state index >= 15 is 0 Å². The zero-order chi connectivity index (χ0) is 15.0. The third kappa shape index (κ3) is 2.84. The second kappa shape index (κ2) is 5.38. The minimum Gasteiger partial charge on any atom is -0.369 e. The van der Waals surface area contributed by atoms with Gasteiger partial charge in [-0.25, -0.2) is 4.68 Å². The number of alkyl halides is 3. The summed E-state index contributed by atoms with van der Waals surface area (Å²) in [6.07, 6.45) is -1.33. The molecule has 20 heavy (non-hydrogen) atoms. The van der Waals surface area contributed by atoms with Crippen molar-refractivity contribution in [3.63, 3.8) is 0 Å². The second-order valence-corrected chi connectivity index (χ2v) is 5.75. The molecule has 0 radical (unpaired) electrons. The molecular weight excluding hydrogens is 339 g/mol. The number of halogens is 4. The van der Waals surface area contributed by atoms with Gasteiger partial charge in [0.25, 0.3) is 5.56 Å². The molecule has 1 N–H and O–H groups in total. The highest BCUT2D eigenvalue weighted by Gasteiger charge is 2.63. The Kier molecular flexibility index (Phi) is 4.13. The van der Waals surface area contributed by atoms with Crippen LogP contribution in [0.4, 0.5) is 18.9 Å². The predicted molar refractivity (Wildman–Crippen MR) is 72.7 cm³/mol. The molecule has 1 aromatic heterocycles. The molecule has 2 rings (SSSR count). The fourth-order valence-electron chi connectivity index (χ4n) is 1.88. The van der Waals surface area contributed by atoms with Crippen molar-refractivity contribution in [3.8, 4) is 0 Å². The Hall–Kier alpha value is -1.05. The van der Waals surface area contributed by atoms with Gasteiger partial charge in [0.2, 0.25) is 0 Å². The number of anilines is 1. The van der Waals surface area contributed by atoms with Gasteiger partial charge in [0.1, 0.15) is 10.0 Å². The largest absolute Gasteiger partial charge is 0.411 e. The van der Waals surface area contributed by atoms with Gasteiger partial charge in [-0.1, -0.05) is 13.3 Å². The van der Waals surface area contributed by atoms with Crippen molar-refractivity contribution >= 4 is 21.6 Å². The van der Waals surface area contributed by atoms with Gasteiger partial charge in [-0.05, 0) is 35.2 Å². The summed E-state index contributed by atoms with van der Waals surface area (Å²) in [6.45, 7) is 2.44. The molecule has 112 valence electrons. The SMILES string of the molecule is CCCCn1ncc(NC2(C(F)(F)F)CC2)c(Br)c1=O. The van der Waals surface area contributed by atoms with Crippen LogP contribution in [-0.2, 0) is 6.54 Å². The van der Waals surface area contributed by atoms with E-state index in [1.807, 2.05) is 6.92 Å². The van der Waals surface area contributed by atoms with Crippen molar-refractivity contribution in [2.45, 2.75) is 50.9 Å². The Labute approximate surface area is 122 Å². The van der Waals surface area contributed by atoms with E-state index in [1.165, 1.54) is 10.9 Å². The van der Waals surface area contributed by atoms with E-state index in [0.717, 1.165) is 12.8 Å². The maximum absolute atomic E-state index is 12.9. The molecule has 1 fully saturated rings. The number of rotatable bonds is 5. The molecule has 1 aliphatic rings. The summed E-state index contributed by atoms with van der Waals surface area (Å²) in [6, 6.07) is 0. The highest BCUT2D eigenvalue weighted by molar-refractivity contribution is 9.10. The number of nitrogens with zero attached hydrogens (tertiary/aromatic N) is 2. The first-order valence-electron chi connectivity index (χ1n) is 6.41. The first-order valence-corrected chi connectivity index (χ1v) is 7.20. The van der Waals surface area contributed by atoms with Gasteiger partial charge < -0.3 is 5.32 Å². The topological polar surface area (TPSA) is 46.9 Å². The van der Waals surface area contributed by atoms with E-state index in [0.29, 0.717) is 6.54 Å². The fourth-order valence-corrected chi connectivity index (χ4v) is 2.29. The van der Waals surface area contributed by atoms with Gasteiger partial charge in [-0.2, -0.15) is 18.3 Å². The number of hydrogen-bond acceptors (Lipinski definition) is 3. The number of hydrogen-bond donors (Lipinski definition) is 1. The number of unbranched alkanes of at least 4 members (excludes halogenated alkanes) is 1.